The quantitative estimate of drug-likeness (QED) is 0.224. The van der Waals surface area contributed by atoms with E-state index in [1.54, 1.807) is 13.1 Å². The second-order valence-corrected chi connectivity index (χ2v) is 11.9. The number of nitrogens with zero attached hydrogens (tertiary/aromatic N) is 2. The molecule has 0 saturated carbocycles. The molecule has 3 aromatic rings. The Morgan fingerprint density at radius 1 is 0.938 bits per heavy atom. The van der Waals surface area contributed by atoms with Gasteiger partial charge in [-0.05, 0) is 0 Å². The maximum absolute atomic E-state index is 12.6. The zero-order valence-electron chi connectivity index (χ0n) is 17.9. The molecule has 0 radical (unpaired) electrons. The van der Waals surface area contributed by atoms with E-state index in [1.165, 1.54) is 31.1 Å². The fourth-order valence-corrected chi connectivity index (χ4v) is 7.30. The molecule has 0 unspecified atom stereocenters. The molecule has 0 atom stereocenters. The van der Waals surface area contributed by atoms with Gasteiger partial charge >= 0.3 is 203 Å². The number of amides is 2. The first-order chi connectivity index (χ1) is 15.3. The number of thiocarbonyl (C=S) groups is 1. The minimum absolute atomic E-state index is 0.0999. The number of rotatable bonds is 2. The number of likely N-dealkylation sites (N-methyl/N-ethyl adjacent to an activating group) is 1. The van der Waals surface area contributed by atoms with Crippen LogP contribution in [0.2, 0.25) is 0 Å². The van der Waals surface area contributed by atoms with E-state index < -0.39 is 26.3 Å². The number of nitrogens with one attached hydrogen (secondary N) is 1. The molecule has 0 spiro atoms. The summed E-state index contributed by atoms with van der Waals surface area (Å²) in [5, 5.41) is 2.72. The molecule has 2 amide bonds. The number of hydrogen-bond donors (Lipinski definition) is 1. The molecule has 32 heavy (non-hydrogen) atoms. The molecule has 3 heterocycles. The monoisotopic (exact) mass is 557 g/mol. The van der Waals surface area contributed by atoms with Gasteiger partial charge in [0.05, 0.1) is 0 Å². The number of benzene rings is 2. The number of anilines is 3. The Balaban J connectivity index is 1.60. The topological polar surface area (TPSA) is 52.7 Å². The Labute approximate surface area is 202 Å². The van der Waals surface area contributed by atoms with Crippen LogP contribution in [0.15, 0.2) is 66.2 Å². The summed E-state index contributed by atoms with van der Waals surface area (Å²) < 4.78 is 2.26. The summed E-state index contributed by atoms with van der Waals surface area (Å²) in [6, 6.07) is 21.2. The molecule has 1 N–H and O–H groups in total. The van der Waals surface area contributed by atoms with Crippen molar-refractivity contribution in [1.82, 2.24) is 10.2 Å². The van der Waals surface area contributed by atoms with Crippen LogP contribution in [0.4, 0.5) is 15.1 Å². The summed E-state index contributed by atoms with van der Waals surface area (Å²) >= 11 is 4.22. The van der Waals surface area contributed by atoms with Crippen molar-refractivity contribution in [1.29, 1.82) is 0 Å². The second-order valence-electron chi connectivity index (χ2n) is 8.35. The molecule has 7 heteroatoms. The van der Waals surface area contributed by atoms with Crippen LogP contribution in [0.5, 0.6) is 0 Å². The van der Waals surface area contributed by atoms with Crippen molar-refractivity contribution in [3.63, 3.8) is 0 Å². The first kappa shape index (κ1) is 21.1. The zero-order chi connectivity index (χ0) is 22.6. The van der Waals surface area contributed by atoms with E-state index in [1.807, 2.05) is 6.07 Å². The SMILES string of the molecule is CN1C(=O)/C(=C/c2ccc(N3c4ccccc4C(C)(C)c4ccccc43)[te]2)C(=O)NC1=S. The third-order valence-electron chi connectivity index (χ3n) is 6.06. The van der Waals surface area contributed by atoms with Crippen molar-refractivity contribution < 1.29 is 9.59 Å². The van der Waals surface area contributed by atoms with Gasteiger partial charge in [-0.2, -0.15) is 0 Å². The van der Waals surface area contributed by atoms with Crippen molar-refractivity contribution in [2.24, 2.45) is 0 Å². The van der Waals surface area contributed by atoms with Crippen LogP contribution >= 0.6 is 12.2 Å². The maximum atomic E-state index is 12.6. The Hall–Kier alpha value is -2.72. The fourth-order valence-electron chi connectivity index (χ4n) is 4.33. The average molecular weight is 555 g/mol. The van der Waals surface area contributed by atoms with E-state index >= 15 is 0 Å². The molecule has 5 nitrogen and oxygen atoms in total. The number of hydrogen-bond acceptors (Lipinski definition) is 4. The third-order valence-corrected chi connectivity index (χ3v) is 9.34. The molecule has 0 bridgehead atoms. The molecule has 2 aliphatic rings. The van der Waals surface area contributed by atoms with Crippen LogP contribution in [0.25, 0.3) is 6.08 Å². The summed E-state index contributed by atoms with van der Waals surface area (Å²) in [6.07, 6.45) is 1.73. The standard InChI is InChI=1S/C25H21N3O2STe/c1-25(2)17-8-4-6-10-19(17)28(20-11-7-5-9-18(20)25)21-13-12-15(32-21)14-16-22(29)26-24(31)27(3)23(16)30/h4-14H,1-3H3,(H,26,29,31)/b16-14+. The van der Waals surface area contributed by atoms with Gasteiger partial charge < -0.3 is 0 Å². The van der Waals surface area contributed by atoms with E-state index in [-0.39, 0.29) is 22.0 Å². The minimum atomic E-state index is -0.823. The van der Waals surface area contributed by atoms with Crippen molar-refractivity contribution >= 4 is 70.7 Å². The number of carbonyl (C=O) groups is 2. The van der Waals surface area contributed by atoms with Gasteiger partial charge in [-0.25, -0.2) is 0 Å². The van der Waals surface area contributed by atoms with E-state index in [0.29, 0.717) is 0 Å². The summed E-state index contributed by atoms with van der Waals surface area (Å²) in [5.74, 6) is -0.800. The van der Waals surface area contributed by atoms with Crippen LogP contribution in [0.3, 0.4) is 0 Å². The number of fused-ring (bicyclic) bond motifs is 2. The van der Waals surface area contributed by atoms with E-state index in [0.717, 1.165) is 3.58 Å². The summed E-state index contributed by atoms with van der Waals surface area (Å²) in [5.41, 5.74) is 4.98. The third kappa shape index (κ3) is 3.24. The van der Waals surface area contributed by atoms with Gasteiger partial charge in [-0.1, -0.05) is 0 Å². The van der Waals surface area contributed by atoms with E-state index in [2.05, 4.69) is 78.7 Å². The first-order valence-electron chi connectivity index (χ1n) is 10.2. The van der Waals surface area contributed by atoms with Gasteiger partial charge in [0.2, 0.25) is 0 Å². The van der Waals surface area contributed by atoms with Gasteiger partial charge in [-0.3, -0.25) is 0 Å². The van der Waals surface area contributed by atoms with Crippen molar-refractivity contribution in [3.8, 4) is 0 Å². The first-order valence-corrected chi connectivity index (χ1v) is 13.0. The predicted octanol–water partition coefficient (Wildman–Crippen LogP) is 4.11. The van der Waals surface area contributed by atoms with Crippen molar-refractivity contribution in [3.05, 3.63) is 80.9 Å². The average Bonchev–Trinajstić information content (AvgIpc) is 3.24. The van der Waals surface area contributed by atoms with Gasteiger partial charge in [0.25, 0.3) is 0 Å². The van der Waals surface area contributed by atoms with Crippen LogP contribution < -0.4 is 10.2 Å². The van der Waals surface area contributed by atoms with E-state index in [4.69, 9.17) is 12.2 Å². The van der Waals surface area contributed by atoms with E-state index in [9.17, 15) is 9.59 Å². The van der Waals surface area contributed by atoms with Crippen LogP contribution in [0, 0.1) is 0 Å². The van der Waals surface area contributed by atoms with Gasteiger partial charge in [0, 0.05) is 0 Å². The van der Waals surface area contributed by atoms with Crippen LogP contribution in [0.1, 0.15) is 28.6 Å². The molecular formula is C25H21N3O2STe. The Morgan fingerprint density at radius 2 is 1.53 bits per heavy atom. The molecule has 1 fully saturated rings. The van der Waals surface area contributed by atoms with Crippen molar-refractivity contribution in [2.75, 3.05) is 11.9 Å². The Kier molecular flexibility index (Phi) is 5.09. The Bertz CT molecular complexity index is 1270. The summed E-state index contributed by atoms with van der Waals surface area (Å²) in [6.45, 7) is 4.54. The number of para-hydroxylation sites is 2. The zero-order valence-corrected chi connectivity index (χ0v) is 21.0. The molecule has 160 valence electrons. The van der Waals surface area contributed by atoms with Crippen LogP contribution in [-0.2, 0) is 15.0 Å². The molecule has 2 aliphatic heterocycles. The molecule has 2 aromatic carbocycles. The normalized spacial score (nSPS) is 18.5. The van der Waals surface area contributed by atoms with Gasteiger partial charge in [-0.15, -0.1) is 0 Å². The fraction of sp³-hybridized carbons (Fsp3) is 0.160. The molecule has 1 saturated heterocycles. The van der Waals surface area contributed by atoms with Gasteiger partial charge in [0.1, 0.15) is 0 Å². The predicted molar refractivity (Wildman–Crippen MR) is 132 cm³/mol. The molecular weight excluding hydrogens is 534 g/mol. The second kappa shape index (κ2) is 7.70. The molecule has 0 aliphatic carbocycles. The molecule has 1 aromatic heterocycles. The Morgan fingerprint density at radius 3 is 2.16 bits per heavy atom. The summed E-state index contributed by atoms with van der Waals surface area (Å²) in [7, 11) is 1.57. The van der Waals surface area contributed by atoms with Crippen LogP contribution in [-0.4, -0.2) is 49.3 Å². The van der Waals surface area contributed by atoms with Gasteiger partial charge in [0.15, 0.2) is 0 Å². The van der Waals surface area contributed by atoms with Crippen molar-refractivity contribution in [2.45, 2.75) is 19.3 Å². The summed E-state index contributed by atoms with van der Waals surface area (Å²) in [4.78, 5) is 28.6. The number of carbonyl (C=O) groups excluding carboxylic acids is 2. The molecule has 5 rings (SSSR count).